The lowest BCUT2D eigenvalue weighted by Gasteiger charge is -2.15. The first-order valence-corrected chi connectivity index (χ1v) is 10.9. The van der Waals surface area contributed by atoms with E-state index in [1.54, 1.807) is 48.5 Å². The minimum atomic E-state index is -0.419. The minimum absolute atomic E-state index is 0.283. The van der Waals surface area contributed by atoms with Crippen molar-refractivity contribution in [2.45, 2.75) is 0 Å². The molecule has 170 valence electrons. The van der Waals surface area contributed by atoms with E-state index in [-0.39, 0.29) is 5.56 Å². The molecular weight excluding hydrogens is 444 g/mol. The van der Waals surface area contributed by atoms with Gasteiger partial charge in [0.25, 0.3) is 17.7 Å². The van der Waals surface area contributed by atoms with Gasteiger partial charge in [0.15, 0.2) is 0 Å². The van der Waals surface area contributed by atoms with E-state index >= 15 is 0 Å². The lowest BCUT2D eigenvalue weighted by Crippen LogP contribution is -2.29. The SMILES string of the molecule is COc1cc2c(cc1NC(=O)c1cccc(N3C(=O)c4ccccc4C3=O)c1)oc1ccccc12. The summed E-state index contributed by atoms with van der Waals surface area (Å²) >= 11 is 0. The number of rotatable bonds is 4. The molecule has 7 heteroatoms. The third-order valence-corrected chi connectivity index (χ3v) is 6.11. The van der Waals surface area contributed by atoms with Crippen molar-refractivity contribution in [2.24, 2.45) is 0 Å². The van der Waals surface area contributed by atoms with E-state index in [2.05, 4.69) is 5.32 Å². The average molecular weight is 462 g/mol. The number of imide groups is 1. The van der Waals surface area contributed by atoms with Crippen molar-refractivity contribution in [1.29, 1.82) is 0 Å². The zero-order valence-corrected chi connectivity index (χ0v) is 18.6. The highest BCUT2D eigenvalue weighted by Crippen LogP contribution is 2.37. The second kappa shape index (κ2) is 7.85. The van der Waals surface area contributed by atoms with E-state index in [9.17, 15) is 14.4 Å². The van der Waals surface area contributed by atoms with Crippen LogP contribution in [0.2, 0.25) is 0 Å². The molecule has 0 atom stereocenters. The summed E-state index contributed by atoms with van der Waals surface area (Å²) in [5, 5.41) is 4.69. The molecule has 0 radical (unpaired) electrons. The summed E-state index contributed by atoms with van der Waals surface area (Å²) < 4.78 is 11.5. The fourth-order valence-corrected chi connectivity index (χ4v) is 4.42. The van der Waals surface area contributed by atoms with Crippen LogP contribution in [0.5, 0.6) is 5.75 Å². The van der Waals surface area contributed by atoms with Gasteiger partial charge in [-0.05, 0) is 42.5 Å². The standard InChI is InChI=1S/C28H18N2O5/c1-34-25-14-21-18-9-4-5-12-23(18)35-24(21)15-22(25)29-26(31)16-7-6-8-17(13-16)30-27(32)19-10-2-3-11-20(19)28(30)33/h2-15H,1H3,(H,29,31). The van der Waals surface area contributed by atoms with Crippen LogP contribution in [-0.2, 0) is 0 Å². The minimum Gasteiger partial charge on any atom is -0.495 e. The molecule has 0 aliphatic carbocycles. The summed E-state index contributed by atoms with van der Waals surface area (Å²) in [6.07, 6.45) is 0. The third kappa shape index (κ3) is 3.25. The molecule has 0 unspecified atom stereocenters. The summed E-state index contributed by atoms with van der Waals surface area (Å²) in [5.41, 5.74) is 3.08. The van der Waals surface area contributed by atoms with Crippen LogP contribution >= 0.6 is 0 Å². The number of carbonyl (C=O) groups is 3. The van der Waals surface area contributed by atoms with Crippen molar-refractivity contribution in [3.8, 4) is 5.75 Å². The molecule has 1 N–H and O–H groups in total. The van der Waals surface area contributed by atoms with E-state index in [0.717, 1.165) is 21.3 Å². The second-order valence-electron chi connectivity index (χ2n) is 8.14. The Morgan fingerprint density at radius 3 is 2.26 bits per heavy atom. The quantitative estimate of drug-likeness (QED) is 0.349. The zero-order valence-electron chi connectivity index (χ0n) is 18.6. The lowest BCUT2D eigenvalue weighted by molar-refractivity contribution is 0.0924. The number of nitrogens with zero attached hydrogens (tertiary/aromatic N) is 1. The maximum Gasteiger partial charge on any atom is 0.266 e. The monoisotopic (exact) mass is 462 g/mol. The number of hydrogen-bond acceptors (Lipinski definition) is 5. The average Bonchev–Trinajstić information content (AvgIpc) is 3.37. The van der Waals surface area contributed by atoms with Gasteiger partial charge < -0.3 is 14.5 Å². The van der Waals surface area contributed by atoms with Gasteiger partial charge in [-0.25, -0.2) is 4.90 Å². The number of ether oxygens (including phenoxy) is 1. The number of nitrogens with one attached hydrogen (secondary N) is 1. The molecule has 0 spiro atoms. The highest BCUT2D eigenvalue weighted by molar-refractivity contribution is 6.34. The van der Waals surface area contributed by atoms with Gasteiger partial charge in [0.05, 0.1) is 29.6 Å². The summed E-state index contributed by atoms with van der Waals surface area (Å²) in [7, 11) is 1.53. The molecule has 3 amide bonds. The molecule has 35 heavy (non-hydrogen) atoms. The summed E-state index contributed by atoms with van der Waals surface area (Å²) in [6, 6.07) is 24.3. The molecule has 4 aromatic carbocycles. The predicted octanol–water partition coefficient (Wildman–Crippen LogP) is 5.65. The van der Waals surface area contributed by atoms with Crippen LogP contribution in [0.4, 0.5) is 11.4 Å². The van der Waals surface area contributed by atoms with Crippen LogP contribution in [0.25, 0.3) is 21.9 Å². The van der Waals surface area contributed by atoms with Gasteiger partial charge in [0.2, 0.25) is 0 Å². The van der Waals surface area contributed by atoms with Gasteiger partial charge in [-0.2, -0.15) is 0 Å². The van der Waals surface area contributed by atoms with Crippen molar-refractivity contribution in [2.75, 3.05) is 17.3 Å². The maximum absolute atomic E-state index is 13.2. The molecule has 1 aliphatic rings. The Labute approximate surface area is 199 Å². The van der Waals surface area contributed by atoms with Crippen LogP contribution < -0.4 is 15.0 Å². The van der Waals surface area contributed by atoms with Crippen LogP contribution in [0.15, 0.2) is 89.3 Å². The number of methoxy groups -OCH3 is 1. The number of furan rings is 1. The first-order chi connectivity index (χ1) is 17.0. The fraction of sp³-hybridized carbons (Fsp3) is 0.0357. The molecule has 1 aliphatic heterocycles. The largest absolute Gasteiger partial charge is 0.495 e. The van der Waals surface area contributed by atoms with Crippen LogP contribution in [0.3, 0.4) is 0 Å². The van der Waals surface area contributed by atoms with Gasteiger partial charge >= 0.3 is 0 Å². The Bertz CT molecular complexity index is 1650. The van der Waals surface area contributed by atoms with Crippen molar-refractivity contribution < 1.29 is 23.5 Å². The Morgan fingerprint density at radius 2 is 1.51 bits per heavy atom. The van der Waals surface area contributed by atoms with Crippen LogP contribution in [0.1, 0.15) is 31.1 Å². The summed E-state index contributed by atoms with van der Waals surface area (Å²) in [6.45, 7) is 0. The van der Waals surface area contributed by atoms with Gasteiger partial charge in [0, 0.05) is 22.4 Å². The molecule has 0 saturated carbocycles. The number of amides is 3. The number of para-hydroxylation sites is 1. The summed E-state index contributed by atoms with van der Waals surface area (Å²) in [5.74, 6) is -0.772. The molecule has 2 heterocycles. The third-order valence-electron chi connectivity index (χ3n) is 6.11. The van der Waals surface area contributed by atoms with Crippen molar-refractivity contribution in [1.82, 2.24) is 0 Å². The molecule has 5 aromatic rings. The van der Waals surface area contributed by atoms with Crippen molar-refractivity contribution in [3.05, 3.63) is 102 Å². The van der Waals surface area contributed by atoms with Crippen LogP contribution in [0, 0.1) is 0 Å². The normalized spacial score (nSPS) is 12.9. The number of benzene rings is 4. The Morgan fingerprint density at radius 1 is 0.800 bits per heavy atom. The predicted molar refractivity (Wildman–Crippen MR) is 132 cm³/mol. The molecular formula is C28H18N2O5. The van der Waals surface area contributed by atoms with E-state index in [1.807, 2.05) is 30.3 Å². The van der Waals surface area contributed by atoms with E-state index in [0.29, 0.717) is 33.8 Å². The molecule has 7 nitrogen and oxygen atoms in total. The highest BCUT2D eigenvalue weighted by atomic mass is 16.5. The number of hydrogen-bond donors (Lipinski definition) is 1. The Hall–Kier alpha value is -4.91. The molecule has 6 rings (SSSR count). The van der Waals surface area contributed by atoms with E-state index in [1.165, 1.54) is 13.2 Å². The smallest absolute Gasteiger partial charge is 0.266 e. The van der Waals surface area contributed by atoms with Crippen molar-refractivity contribution in [3.63, 3.8) is 0 Å². The number of carbonyl (C=O) groups excluding carboxylic acids is 3. The topological polar surface area (TPSA) is 88.9 Å². The zero-order chi connectivity index (χ0) is 24.1. The first kappa shape index (κ1) is 20.7. The molecule has 0 fully saturated rings. The van der Waals surface area contributed by atoms with Gasteiger partial charge in [0.1, 0.15) is 16.9 Å². The van der Waals surface area contributed by atoms with E-state index in [4.69, 9.17) is 9.15 Å². The highest BCUT2D eigenvalue weighted by Gasteiger charge is 2.36. The molecule has 1 aromatic heterocycles. The van der Waals surface area contributed by atoms with Crippen molar-refractivity contribution >= 4 is 51.0 Å². The lowest BCUT2D eigenvalue weighted by atomic mass is 10.1. The van der Waals surface area contributed by atoms with Crippen LogP contribution in [-0.4, -0.2) is 24.8 Å². The Balaban J connectivity index is 1.33. The second-order valence-corrected chi connectivity index (χ2v) is 8.14. The summed E-state index contributed by atoms with van der Waals surface area (Å²) in [4.78, 5) is 39.9. The molecule has 0 saturated heterocycles. The first-order valence-electron chi connectivity index (χ1n) is 10.9. The Kier molecular flexibility index (Phi) is 4.64. The molecule has 0 bridgehead atoms. The number of anilines is 2. The number of fused-ring (bicyclic) bond motifs is 4. The van der Waals surface area contributed by atoms with E-state index < -0.39 is 17.7 Å². The van der Waals surface area contributed by atoms with Gasteiger partial charge in [-0.1, -0.05) is 36.4 Å². The maximum atomic E-state index is 13.2. The van der Waals surface area contributed by atoms with Gasteiger partial charge in [-0.3, -0.25) is 14.4 Å². The van der Waals surface area contributed by atoms with Gasteiger partial charge in [-0.15, -0.1) is 0 Å². The fourth-order valence-electron chi connectivity index (χ4n) is 4.42.